The van der Waals surface area contributed by atoms with Crippen molar-refractivity contribution >= 4 is 31.9 Å². The lowest BCUT2D eigenvalue weighted by molar-refractivity contribution is 0.404. The zero-order valence-corrected chi connectivity index (χ0v) is 13.8. The van der Waals surface area contributed by atoms with Crippen LogP contribution in [0.25, 0.3) is 0 Å². The van der Waals surface area contributed by atoms with E-state index in [1.54, 1.807) is 13.4 Å². The zero-order valence-electron chi connectivity index (χ0n) is 10.7. The first-order chi connectivity index (χ1) is 9.11. The zero-order chi connectivity index (χ0) is 13.8. The van der Waals surface area contributed by atoms with Crippen LogP contribution in [0, 0.1) is 0 Å². The second-order valence-electron chi connectivity index (χ2n) is 4.04. The fourth-order valence-electron chi connectivity index (χ4n) is 1.75. The van der Waals surface area contributed by atoms with Gasteiger partial charge >= 0.3 is 0 Å². The van der Waals surface area contributed by atoms with Gasteiger partial charge in [0.1, 0.15) is 17.9 Å². The van der Waals surface area contributed by atoms with Crippen LogP contribution in [0.1, 0.15) is 11.4 Å². The summed E-state index contributed by atoms with van der Waals surface area (Å²) in [6, 6.07) is 4.00. The number of nitrogens with one attached hydrogen (secondary N) is 1. The van der Waals surface area contributed by atoms with Gasteiger partial charge < -0.3 is 14.6 Å². The van der Waals surface area contributed by atoms with Crippen LogP contribution < -0.4 is 10.1 Å². The highest BCUT2D eigenvalue weighted by Gasteiger charge is 2.09. The summed E-state index contributed by atoms with van der Waals surface area (Å²) in [6.45, 7) is 1.35. The van der Waals surface area contributed by atoms with Gasteiger partial charge in [-0.15, -0.1) is 10.2 Å². The number of benzene rings is 1. The van der Waals surface area contributed by atoms with E-state index in [1.165, 1.54) is 0 Å². The molecule has 7 heteroatoms. The number of halogens is 2. The number of ether oxygens (including phenoxy) is 1. The van der Waals surface area contributed by atoms with Gasteiger partial charge in [-0.05, 0) is 28.1 Å². The van der Waals surface area contributed by atoms with Gasteiger partial charge in [0.15, 0.2) is 0 Å². The molecule has 2 rings (SSSR count). The molecule has 1 N–H and O–H groups in total. The minimum atomic E-state index is 0.657. The SMILES string of the molecule is COc1c(Br)cc(Br)cc1CNCc1nncn1C. The number of hydrogen-bond donors (Lipinski definition) is 1. The Morgan fingerprint density at radius 3 is 2.74 bits per heavy atom. The fourth-order valence-corrected chi connectivity index (χ4v) is 3.23. The summed E-state index contributed by atoms with van der Waals surface area (Å²) in [5, 5.41) is 11.2. The summed E-state index contributed by atoms with van der Waals surface area (Å²) in [5.74, 6) is 1.74. The van der Waals surface area contributed by atoms with Gasteiger partial charge in [-0.2, -0.15) is 0 Å². The fraction of sp³-hybridized carbons (Fsp3) is 0.333. The van der Waals surface area contributed by atoms with Crippen molar-refractivity contribution in [2.75, 3.05) is 7.11 Å². The van der Waals surface area contributed by atoms with Crippen molar-refractivity contribution in [2.45, 2.75) is 13.1 Å². The van der Waals surface area contributed by atoms with Crippen LogP contribution in [0.5, 0.6) is 5.75 Å². The third-order valence-corrected chi connectivity index (χ3v) is 3.74. The summed E-state index contributed by atoms with van der Waals surface area (Å²) >= 11 is 6.97. The second kappa shape index (κ2) is 6.49. The molecule has 5 nitrogen and oxygen atoms in total. The average Bonchev–Trinajstić information content (AvgIpc) is 2.75. The Morgan fingerprint density at radius 2 is 2.11 bits per heavy atom. The molecule has 0 saturated carbocycles. The van der Waals surface area contributed by atoms with Gasteiger partial charge in [0.25, 0.3) is 0 Å². The predicted octanol–water partition coefficient (Wildman–Crippen LogP) is 2.64. The molecule has 0 spiro atoms. The number of aryl methyl sites for hydroxylation is 1. The first kappa shape index (κ1) is 14.5. The molecule has 0 aliphatic rings. The first-order valence-electron chi connectivity index (χ1n) is 5.67. The first-order valence-corrected chi connectivity index (χ1v) is 7.26. The summed E-state index contributed by atoms with van der Waals surface area (Å²) in [6.07, 6.45) is 1.69. The Labute approximate surface area is 128 Å². The van der Waals surface area contributed by atoms with Crippen molar-refractivity contribution < 1.29 is 4.74 Å². The molecule has 0 unspecified atom stereocenters. The number of nitrogens with zero attached hydrogens (tertiary/aromatic N) is 3. The van der Waals surface area contributed by atoms with E-state index in [0.29, 0.717) is 13.1 Å². The largest absolute Gasteiger partial charge is 0.495 e. The number of hydrogen-bond acceptors (Lipinski definition) is 4. The molecule has 19 heavy (non-hydrogen) atoms. The summed E-state index contributed by atoms with van der Waals surface area (Å²) in [7, 11) is 3.59. The van der Waals surface area contributed by atoms with Gasteiger partial charge in [-0.1, -0.05) is 15.9 Å². The maximum Gasteiger partial charge on any atom is 0.146 e. The molecule has 2 aromatic rings. The van der Waals surface area contributed by atoms with Crippen molar-refractivity contribution in [3.63, 3.8) is 0 Å². The van der Waals surface area contributed by atoms with Gasteiger partial charge in [0.2, 0.25) is 0 Å². The molecular formula is C12H14Br2N4O. The van der Waals surface area contributed by atoms with Gasteiger partial charge in [0.05, 0.1) is 18.1 Å². The van der Waals surface area contributed by atoms with Gasteiger partial charge in [-0.25, -0.2) is 0 Å². The summed E-state index contributed by atoms with van der Waals surface area (Å²) < 4.78 is 9.23. The quantitative estimate of drug-likeness (QED) is 0.853. The molecule has 0 saturated heterocycles. The van der Waals surface area contributed by atoms with E-state index in [9.17, 15) is 0 Å². The van der Waals surface area contributed by atoms with Crippen molar-refractivity contribution in [1.29, 1.82) is 0 Å². The van der Waals surface area contributed by atoms with Crippen LogP contribution in [-0.2, 0) is 20.1 Å². The maximum atomic E-state index is 5.40. The summed E-state index contributed by atoms with van der Waals surface area (Å²) in [5.41, 5.74) is 1.07. The Balaban J connectivity index is 2.05. The second-order valence-corrected chi connectivity index (χ2v) is 5.81. The third kappa shape index (κ3) is 3.55. The minimum Gasteiger partial charge on any atom is -0.495 e. The summed E-state index contributed by atoms with van der Waals surface area (Å²) in [4.78, 5) is 0. The average molecular weight is 390 g/mol. The van der Waals surface area contributed by atoms with E-state index in [-0.39, 0.29) is 0 Å². The molecule has 0 aliphatic heterocycles. The van der Waals surface area contributed by atoms with E-state index < -0.39 is 0 Å². The number of aromatic nitrogens is 3. The maximum absolute atomic E-state index is 5.40. The standard InChI is InChI=1S/C12H14Br2N4O/c1-18-7-16-17-11(18)6-15-5-8-3-9(13)4-10(14)12(8)19-2/h3-4,7,15H,5-6H2,1-2H3. The Bertz CT molecular complexity index is 571. The number of methoxy groups -OCH3 is 1. The molecule has 1 aromatic carbocycles. The van der Waals surface area contributed by atoms with Crippen LogP contribution in [0.15, 0.2) is 27.4 Å². The Hall–Kier alpha value is -0.920. The molecule has 0 bridgehead atoms. The van der Waals surface area contributed by atoms with Crippen molar-refractivity contribution in [3.05, 3.63) is 38.8 Å². The molecule has 0 radical (unpaired) electrons. The van der Waals surface area contributed by atoms with Crippen LogP contribution in [0.4, 0.5) is 0 Å². The Kier molecular flexibility index (Phi) is 4.95. The van der Waals surface area contributed by atoms with Crippen molar-refractivity contribution in [2.24, 2.45) is 7.05 Å². The normalized spacial score (nSPS) is 10.7. The van der Waals surface area contributed by atoms with Gasteiger partial charge in [0, 0.05) is 23.6 Å². The van der Waals surface area contributed by atoms with Gasteiger partial charge in [-0.3, -0.25) is 0 Å². The van der Waals surface area contributed by atoms with Crippen LogP contribution in [0.2, 0.25) is 0 Å². The monoisotopic (exact) mass is 388 g/mol. The molecule has 0 atom stereocenters. The molecule has 1 aromatic heterocycles. The molecule has 0 aliphatic carbocycles. The highest BCUT2D eigenvalue weighted by molar-refractivity contribution is 9.11. The van der Waals surface area contributed by atoms with Crippen LogP contribution >= 0.6 is 31.9 Å². The lowest BCUT2D eigenvalue weighted by atomic mass is 10.2. The molecule has 0 amide bonds. The van der Waals surface area contributed by atoms with E-state index in [4.69, 9.17) is 4.74 Å². The van der Waals surface area contributed by atoms with E-state index in [1.807, 2.05) is 23.7 Å². The molecule has 0 fully saturated rings. The van der Waals surface area contributed by atoms with Crippen LogP contribution in [0.3, 0.4) is 0 Å². The minimum absolute atomic E-state index is 0.657. The highest BCUT2D eigenvalue weighted by atomic mass is 79.9. The molecule has 102 valence electrons. The third-order valence-electron chi connectivity index (χ3n) is 2.69. The molecule has 1 heterocycles. The highest BCUT2D eigenvalue weighted by Crippen LogP contribution is 2.32. The Morgan fingerprint density at radius 1 is 1.32 bits per heavy atom. The van der Waals surface area contributed by atoms with E-state index in [2.05, 4.69) is 47.4 Å². The van der Waals surface area contributed by atoms with Crippen LogP contribution in [-0.4, -0.2) is 21.9 Å². The number of rotatable bonds is 5. The topological polar surface area (TPSA) is 52.0 Å². The van der Waals surface area contributed by atoms with Crippen molar-refractivity contribution in [1.82, 2.24) is 20.1 Å². The van der Waals surface area contributed by atoms with E-state index >= 15 is 0 Å². The lowest BCUT2D eigenvalue weighted by Gasteiger charge is -2.12. The predicted molar refractivity (Wildman–Crippen MR) is 79.9 cm³/mol. The molecular weight excluding hydrogens is 376 g/mol. The van der Waals surface area contributed by atoms with E-state index in [0.717, 1.165) is 26.1 Å². The smallest absolute Gasteiger partial charge is 0.146 e. The lowest BCUT2D eigenvalue weighted by Crippen LogP contribution is -2.16. The van der Waals surface area contributed by atoms with Crippen molar-refractivity contribution in [3.8, 4) is 5.75 Å².